The maximum Gasteiger partial charge on any atom is 0.340 e. The van der Waals surface area contributed by atoms with Crippen molar-refractivity contribution in [3.8, 4) is 0 Å². The van der Waals surface area contributed by atoms with Gasteiger partial charge in [0.2, 0.25) is 11.8 Å². The lowest BCUT2D eigenvalue weighted by atomic mass is 10.1. The molecule has 0 spiro atoms. The number of carbonyl (C=O) groups is 3. The Bertz CT molecular complexity index is 961. The van der Waals surface area contributed by atoms with Crippen molar-refractivity contribution in [3.05, 3.63) is 45.8 Å². The number of aryl methyl sites for hydroxylation is 3. The molecule has 2 amide bonds. The number of hydrogen-bond acceptors (Lipinski definition) is 6. The molecule has 1 heterocycles. The minimum atomic E-state index is -0.470. The molecule has 1 aromatic carbocycles. The predicted octanol–water partition coefficient (Wildman–Crippen LogP) is 3.89. The molecule has 7 nitrogen and oxygen atoms in total. The fraction of sp³-hybridized carbons (Fsp3) is 0.435. The SMILES string of the molecule is COC(=O)c1cc(C)sc1NC(=O)CCN(CC(=O)Nc1c(C)cccc1C)C1CC1. The molecule has 1 aliphatic rings. The molecule has 0 aliphatic heterocycles. The molecule has 3 rings (SSSR count). The van der Waals surface area contributed by atoms with Gasteiger partial charge in [0, 0.05) is 29.6 Å². The molecule has 0 saturated heterocycles. The van der Waals surface area contributed by atoms with Crippen molar-refractivity contribution in [2.24, 2.45) is 0 Å². The zero-order chi connectivity index (χ0) is 22.5. The number of nitrogens with zero attached hydrogens (tertiary/aromatic N) is 1. The normalized spacial score (nSPS) is 13.2. The third-order valence-corrected chi connectivity index (χ3v) is 6.26. The zero-order valence-electron chi connectivity index (χ0n) is 18.4. The van der Waals surface area contributed by atoms with Gasteiger partial charge in [-0.2, -0.15) is 0 Å². The smallest absolute Gasteiger partial charge is 0.340 e. The van der Waals surface area contributed by atoms with Crippen LogP contribution < -0.4 is 10.6 Å². The van der Waals surface area contributed by atoms with Gasteiger partial charge in [-0.3, -0.25) is 14.5 Å². The number of hydrogen-bond donors (Lipinski definition) is 2. The van der Waals surface area contributed by atoms with Crippen LogP contribution in [-0.4, -0.2) is 48.9 Å². The maximum absolute atomic E-state index is 12.6. The van der Waals surface area contributed by atoms with Crippen LogP contribution in [0.3, 0.4) is 0 Å². The van der Waals surface area contributed by atoms with Crippen LogP contribution in [-0.2, 0) is 14.3 Å². The molecular weight excluding hydrogens is 414 g/mol. The van der Waals surface area contributed by atoms with E-state index in [0.29, 0.717) is 23.2 Å². The third kappa shape index (κ3) is 6.15. The molecule has 0 radical (unpaired) electrons. The molecule has 1 saturated carbocycles. The van der Waals surface area contributed by atoms with Crippen LogP contribution in [0.2, 0.25) is 0 Å². The lowest BCUT2D eigenvalue weighted by Gasteiger charge is -2.22. The Morgan fingerprint density at radius 2 is 1.77 bits per heavy atom. The Labute approximate surface area is 186 Å². The molecule has 1 aliphatic carbocycles. The molecule has 1 fully saturated rings. The Kier molecular flexibility index (Phi) is 7.46. The van der Waals surface area contributed by atoms with E-state index in [4.69, 9.17) is 4.74 Å². The highest BCUT2D eigenvalue weighted by atomic mass is 32.1. The van der Waals surface area contributed by atoms with Crippen LogP contribution in [0, 0.1) is 20.8 Å². The third-order valence-electron chi connectivity index (χ3n) is 5.30. The van der Waals surface area contributed by atoms with Crippen molar-refractivity contribution >= 4 is 39.8 Å². The van der Waals surface area contributed by atoms with Crippen molar-refractivity contribution in [2.45, 2.75) is 46.1 Å². The fourth-order valence-corrected chi connectivity index (χ4v) is 4.42. The van der Waals surface area contributed by atoms with Crippen LogP contribution in [0.5, 0.6) is 0 Å². The standard InChI is InChI=1S/C23H29N3O4S/c1-14-6-5-7-15(2)21(14)24-20(28)13-26(17-8-9-17)11-10-19(27)25-22-18(23(29)30-4)12-16(3)31-22/h5-7,12,17H,8-11,13H2,1-4H3,(H,24,28)(H,25,27). The summed E-state index contributed by atoms with van der Waals surface area (Å²) in [6.45, 7) is 6.54. The molecule has 2 aromatic rings. The highest BCUT2D eigenvalue weighted by molar-refractivity contribution is 7.16. The summed E-state index contributed by atoms with van der Waals surface area (Å²) in [5.41, 5.74) is 3.27. The number of amides is 2. The number of ether oxygens (including phenoxy) is 1. The average molecular weight is 444 g/mol. The van der Waals surface area contributed by atoms with E-state index in [1.807, 2.05) is 39.0 Å². The van der Waals surface area contributed by atoms with Gasteiger partial charge in [-0.05, 0) is 50.8 Å². The highest BCUT2D eigenvalue weighted by Crippen LogP contribution is 2.29. The number of para-hydroxylation sites is 1. The number of rotatable bonds is 9. The quantitative estimate of drug-likeness (QED) is 0.574. The number of thiophene rings is 1. The first-order valence-corrected chi connectivity index (χ1v) is 11.2. The molecule has 166 valence electrons. The van der Waals surface area contributed by atoms with Crippen molar-refractivity contribution in [2.75, 3.05) is 30.8 Å². The summed E-state index contributed by atoms with van der Waals surface area (Å²) < 4.78 is 4.78. The van der Waals surface area contributed by atoms with Gasteiger partial charge >= 0.3 is 5.97 Å². The molecule has 31 heavy (non-hydrogen) atoms. The van der Waals surface area contributed by atoms with Gasteiger partial charge < -0.3 is 15.4 Å². The topological polar surface area (TPSA) is 87.7 Å². The van der Waals surface area contributed by atoms with Gasteiger partial charge in [-0.1, -0.05) is 18.2 Å². The Morgan fingerprint density at radius 3 is 2.39 bits per heavy atom. The molecule has 8 heteroatoms. The molecule has 2 N–H and O–H groups in total. The van der Waals surface area contributed by atoms with Gasteiger partial charge in [-0.15, -0.1) is 11.3 Å². The first-order chi connectivity index (χ1) is 14.8. The Balaban J connectivity index is 1.56. The summed E-state index contributed by atoms with van der Waals surface area (Å²) in [6, 6.07) is 7.96. The minimum Gasteiger partial charge on any atom is -0.465 e. The summed E-state index contributed by atoms with van der Waals surface area (Å²) in [6.07, 6.45) is 2.31. The lowest BCUT2D eigenvalue weighted by molar-refractivity contribution is -0.119. The van der Waals surface area contributed by atoms with Crippen molar-refractivity contribution in [1.29, 1.82) is 0 Å². The average Bonchev–Trinajstić information content (AvgIpc) is 3.50. The number of anilines is 2. The summed E-state index contributed by atoms with van der Waals surface area (Å²) >= 11 is 1.34. The predicted molar refractivity (Wildman–Crippen MR) is 123 cm³/mol. The molecular formula is C23H29N3O4S. The summed E-state index contributed by atoms with van der Waals surface area (Å²) in [4.78, 5) is 40.0. The van der Waals surface area contributed by atoms with E-state index in [9.17, 15) is 14.4 Å². The molecule has 0 bridgehead atoms. The van der Waals surface area contributed by atoms with Crippen LogP contribution in [0.1, 0.15) is 45.6 Å². The van der Waals surface area contributed by atoms with Crippen molar-refractivity contribution in [1.82, 2.24) is 4.90 Å². The van der Waals surface area contributed by atoms with Crippen LogP contribution >= 0.6 is 11.3 Å². The van der Waals surface area contributed by atoms with Crippen molar-refractivity contribution < 1.29 is 19.1 Å². The van der Waals surface area contributed by atoms with Crippen LogP contribution in [0.25, 0.3) is 0 Å². The number of nitrogens with one attached hydrogen (secondary N) is 2. The van der Waals surface area contributed by atoms with E-state index in [2.05, 4.69) is 15.5 Å². The molecule has 0 unspecified atom stereocenters. The van der Waals surface area contributed by atoms with E-state index in [1.165, 1.54) is 18.4 Å². The van der Waals surface area contributed by atoms with Gasteiger partial charge in [0.1, 0.15) is 5.00 Å². The van der Waals surface area contributed by atoms with Crippen LogP contribution in [0.4, 0.5) is 10.7 Å². The molecule has 0 atom stereocenters. The fourth-order valence-electron chi connectivity index (χ4n) is 3.51. The first-order valence-electron chi connectivity index (χ1n) is 10.4. The second kappa shape index (κ2) is 10.1. The van der Waals surface area contributed by atoms with Crippen molar-refractivity contribution in [3.63, 3.8) is 0 Å². The number of esters is 1. The van der Waals surface area contributed by atoms with Gasteiger partial charge in [0.05, 0.1) is 19.2 Å². The zero-order valence-corrected chi connectivity index (χ0v) is 19.2. The number of benzene rings is 1. The second-order valence-electron chi connectivity index (χ2n) is 7.91. The second-order valence-corrected chi connectivity index (χ2v) is 9.16. The Hall–Kier alpha value is -2.71. The van der Waals surface area contributed by atoms with E-state index >= 15 is 0 Å². The van der Waals surface area contributed by atoms with E-state index < -0.39 is 5.97 Å². The van der Waals surface area contributed by atoms with E-state index in [1.54, 1.807) is 6.07 Å². The highest BCUT2D eigenvalue weighted by Gasteiger charge is 2.30. The number of carbonyl (C=O) groups excluding carboxylic acids is 3. The lowest BCUT2D eigenvalue weighted by Crippen LogP contribution is -2.37. The minimum absolute atomic E-state index is 0.0773. The monoisotopic (exact) mass is 443 g/mol. The first kappa shape index (κ1) is 23.0. The number of methoxy groups -OCH3 is 1. The van der Waals surface area contributed by atoms with E-state index in [-0.39, 0.29) is 24.8 Å². The van der Waals surface area contributed by atoms with Crippen LogP contribution in [0.15, 0.2) is 24.3 Å². The summed E-state index contributed by atoms with van der Waals surface area (Å²) in [5, 5.41) is 6.34. The van der Waals surface area contributed by atoms with Gasteiger partial charge in [-0.25, -0.2) is 4.79 Å². The largest absolute Gasteiger partial charge is 0.465 e. The van der Waals surface area contributed by atoms with Gasteiger partial charge in [0.15, 0.2) is 0 Å². The van der Waals surface area contributed by atoms with Gasteiger partial charge in [0.25, 0.3) is 0 Å². The van der Waals surface area contributed by atoms with E-state index in [0.717, 1.165) is 34.5 Å². The Morgan fingerprint density at radius 1 is 1.10 bits per heavy atom. The maximum atomic E-state index is 12.6. The summed E-state index contributed by atoms with van der Waals surface area (Å²) in [7, 11) is 1.32. The molecule has 1 aromatic heterocycles. The summed E-state index contributed by atoms with van der Waals surface area (Å²) in [5.74, 6) is -0.734.